The van der Waals surface area contributed by atoms with Gasteiger partial charge in [-0.05, 0) is 29.3 Å². The van der Waals surface area contributed by atoms with Crippen molar-refractivity contribution in [1.29, 1.82) is 0 Å². The van der Waals surface area contributed by atoms with Crippen molar-refractivity contribution in [3.8, 4) is 0 Å². The van der Waals surface area contributed by atoms with Gasteiger partial charge in [0.2, 0.25) is 0 Å². The van der Waals surface area contributed by atoms with E-state index in [-0.39, 0.29) is 17.5 Å². The number of fused-ring (bicyclic) bond motifs is 1. The van der Waals surface area contributed by atoms with E-state index in [1.54, 1.807) is 12.1 Å². The average Bonchev–Trinajstić information content (AvgIpc) is 2.53. The van der Waals surface area contributed by atoms with Crippen LogP contribution in [0.5, 0.6) is 0 Å². The van der Waals surface area contributed by atoms with Crippen LogP contribution in [0, 0.1) is 5.82 Å². The summed E-state index contributed by atoms with van der Waals surface area (Å²) in [6.07, 6.45) is 0. The third-order valence-corrected chi connectivity index (χ3v) is 4.14. The van der Waals surface area contributed by atoms with Gasteiger partial charge in [0.1, 0.15) is 5.82 Å². The highest BCUT2D eigenvalue weighted by Crippen LogP contribution is 2.31. The number of benzene rings is 3. The van der Waals surface area contributed by atoms with Gasteiger partial charge in [0.05, 0.1) is 0 Å². The van der Waals surface area contributed by atoms with Crippen molar-refractivity contribution in [2.75, 3.05) is 0 Å². The zero-order valence-corrected chi connectivity index (χ0v) is 12.6. The summed E-state index contributed by atoms with van der Waals surface area (Å²) in [5.41, 5.74) is 1.94. The highest BCUT2D eigenvalue weighted by atomic mass is 19.1. The van der Waals surface area contributed by atoms with E-state index in [2.05, 4.69) is 6.07 Å². The highest BCUT2D eigenvalue weighted by molar-refractivity contribution is 5.96. The van der Waals surface area contributed by atoms with Crippen LogP contribution in [0.25, 0.3) is 10.8 Å². The van der Waals surface area contributed by atoms with Crippen molar-refractivity contribution in [2.45, 2.75) is 19.8 Å². The van der Waals surface area contributed by atoms with E-state index < -0.39 is 0 Å². The molecule has 0 heterocycles. The summed E-state index contributed by atoms with van der Waals surface area (Å²) in [6, 6.07) is 18.9. The first-order chi connectivity index (χ1) is 10.6. The first-order valence-corrected chi connectivity index (χ1v) is 7.36. The maximum absolute atomic E-state index is 14.3. The van der Waals surface area contributed by atoms with Gasteiger partial charge in [-0.25, -0.2) is 4.39 Å². The molecule has 22 heavy (non-hydrogen) atoms. The van der Waals surface area contributed by atoms with Crippen molar-refractivity contribution in [2.24, 2.45) is 0 Å². The molecule has 0 N–H and O–H groups in total. The van der Waals surface area contributed by atoms with Crippen LogP contribution in [0.2, 0.25) is 0 Å². The Morgan fingerprint density at radius 2 is 1.68 bits per heavy atom. The Balaban J connectivity index is 2.13. The molecule has 2 heteroatoms. The number of hydrogen-bond acceptors (Lipinski definition) is 1. The first kappa shape index (κ1) is 14.5. The normalized spacial score (nSPS) is 12.3. The molecule has 0 saturated heterocycles. The maximum Gasteiger partial charge on any atom is 0.160 e. The number of Topliss-reactive ketones (excluding diaryl/α,β-unsaturated/α-hetero) is 1. The second-order valence-electron chi connectivity index (χ2n) is 5.59. The molecular weight excluding hydrogens is 275 g/mol. The third-order valence-electron chi connectivity index (χ3n) is 4.14. The van der Waals surface area contributed by atoms with Crippen molar-refractivity contribution in [1.82, 2.24) is 0 Å². The van der Waals surface area contributed by atoms with Crippen molar-refractivity contribution >= 4 is 16.6 Å². The van der Waals surface area contributed by atoms with Crippen LogP contribution in [0.3, 0.4) is 0 Å². The van der Waals surface area contributed by atoms with Crippen LogP contribution in [-0.4, -0.2) is 5.78 Å². The van der Waals surface area contributed by atoms with Gasteiger partial charge in [-0.2, -0.15) is 0 Å². The van der Waals surface area contributed by atoms with E-state index in [1.807, 2.05) is 43.3 Å². The lowest BCUT2D eigenvalue weighted by Crippen LogP contribution is -2.07. The molecule has 0 aliphatic rings. The molecule has 0 aliphatic carbocycles. The summed E-state index contributed by atoms with van der Waals surface area (Å²) >= 11 is 0. The Morgan fingerprint density at radius 3 is 2.41 bits per heavy atom. The van der Waals surface area contributed by atoms with E-state index >= 15 is 0 Å². The third kappa shape index (κ3) is 2.52. The lowest BCUT2D eigenvalue weighted by Gasteiger charge is -2.17. The minimum atomic E-state index is -0.326. The van der Waals surface area contributed by atoms with Crippen molar-refractivity contribution in [3.05, 3.63) is 83.2 Å². The van der Waals surface area contributed by atoms with Gasteiger partial charge < -0.3 is 0 Å². The van der Waals surface area contributed by atoms with E-state index in [0.29, 0.717) is 11.1 Å². The van der Waals surface area contributed by atoms with Gasteiger partial charge in [-0.3, -0.25) is 4.79 Å². The van der Waals surface area contributed by atoms with Crippen molar-refractivity contribution < 1.29 is 9.18 Å². The summed E-state index contributed by atoms with van der Waals surface area (Å²) in [4.78, 5) is 11.8. The first-order valence-electron chi connectivity index (χ1n) is 7.36. The SMILES string of the molecule is CC(=O)c1cccc(F)c1[C@H](C)c1ccc2ccccc2c1. The van der Waals surface area contributed by atoms with Crippen LogP contribution < -0.4 is 0 Å². The highest BCUT2D eigenvalue weighted by Gasteiger charge is 2.19. The molecular formula is C20H17FO. The largest absolute Gasteiger partial charge is 0.294 e. The molecule has 3 aromatic rings. The van der Waals surface area contributed by atoms with Crippen LogP contribution in [0.4, 0.5) is 4.39 Å². The minimum Gasteiger partial charge on any atom is -0.294 e. The Morgan fingerprint density at radius 1 is 0.955 bits per heavy atom. The summed E-state index contributed by atoms with van der Waals surface area (Å²) in [5.74, 6) is -0.611. The molecule has 1 nitrogen and oxygen atoms in total. The monoisotopic (exact) mass is 292 g/mol. The fraction of sp³-hybridized carbons (Fsp3) is 0.150. The molecule has 0 unspecified atom stereocenters. The van der Waals surface area contributed by atoms with Gasteiger partial charge in [0.25, 0.3) is 0 Å². The molecule has 0 aromatic heterocycles. The Labute approximate surface area is 129 Å². The molecule has 3 aromatic carbocycles. The summed E-state index contributed by atoms with van der Waals surface area (Å²) in [7, 11) is 0. The van der Waals surface area contributed by atoms with Gasteiger partial charge in [-0.1, -0.05) is 61.5 Å². The molecule has 0 bridgehead atoms. The lowest BCUT2D eigenvalue weighted by molar-refractivity contribution is 0.101. The van der Waals surface area contributed by atoms with E-state index in [0.717, 1.165) is 16.3 Å². The molecule has 1 atom stereocenters. The van der Waals surface area contributed by atoms with Gasteiger partial charge in [-0.15, -0.1) is 0 Å². The number of ketones is 1. The molecule has 0 radical (unpaired) electrons. The van der Waals surface area contributed by atoms with Crippen LogP contribution in [0.1, 0.15) is 41.3 Å². The molecule has 0 saturated carbocycles. The fourth-order valence-corrected chi connectivity index (χ4v) is 2.93. The number of rotatable bonds is 3. The molecule has 3 rings (SSSR count). The topological polar surface area (TPSA) is 17.1 Å². The standard InChI is InChI=1S/C20H17FO/c1-13(20-18(14(2)22)8-5-9-19(20)21)16-11-10-15-6-3-4-7-17(15)12-16/h3-13H,1-2H3/t13-/m1/s1. The Hall–Kier alpha value is -2.48. The van der Waals surface area contributed by atoms with Gasteiger partial charge >= 0.3 is 0 Å². The van der Waals surface area contributed by atoms with Crippen LogP contribution in [0.15, 0.2) is 60.7 Å². The summed E-state index contributed by atoms with van der Waals surface area (Å²) < 4.78 is 14.3. The number of hydrogen-bond donors (Lipinski definition) is 0. The molecule has 0 aliphatic heterocycles. The van der Waals surface area contributed by atoms with Crippen LogP contribution >= 0.6 is 0 Å². The average molecular weight is 292 g/mol. The van der Waals surface area contributed by atoms with E-state index in [1.165, 1.54) is 13.0 Å². The predicted octanol–water partition coefficient (Wildman–Crippen LogP) is 5.33. The Kier molecular flexibility index (Phi) is 3.76. The fourth-order valence-electron chi connectivity index (χ4n) is 2.93. The predicted molar refractivity (Wildman–Crippen MR) is 87.9 cm³/mol. The quantitative estimate of drug-likeness (QED) is 0.596. The smallest absolute Gasteiger partial charge is 0.160 e. The molecule has 0 fully saturated rings. The van der Waals surface area contributed by atoms with Crippen LogP contribution in [-0.2, 0) is 0 Å². The number of halogens is 1. The summed E-state index contributed by atoms with van der Waals surface area (Å²) in [5, 5.41) is 2.27. The zero-order valence-electron chi connectivity index (χ0n) is 12.6. The molecule has 110 valence electrons. The minimum absolute atomic E-state index is 0.109. The number of carbonyl (C=O) groups excluding carboxylic acids is 1. The number of carbonyl (C=O) groups is 1. The zero-order chi connectivity index (χ0) is 15.7. The lowest BCUT2D eigenvalue weighted by atomic mass is 9.87. The van der Waals surface area contributed by atoms with Crippen molar-refractivity contribution in [3.63, 3.8) is 0 Å². The van der Waals surface area contributed by atoms with E-state index in [4.69, 9.17) is 0 Å². The second kappa shape index (κ2) is 5.72. The molecule has 0 amide bonds. The molecule has 0 spiro atoms. The van der Waals surface area contributed by atoms with Gasteiger partial charge in [0, 0.05) is 17.0 Å². The van der Waals surface area contributed by atoms with Gasteiger partial charge in [0.15, 0.2) is 5.78 Å². The maximum atomic E-state index is 14.3. The Bertz CT molecular complexity index is 851. The summed E-state index contributed by atoms with van der Waals surface area (Å²) in [6.45, 7) is 3.42. The second-order valence-corrected chi connectivity index (χ2v) is 5.59. The van der Waals surface area contributed by atoms with E-state index in [9.17, 15) is 9.18 Å².